The molecule has 0 bridgehead atoms. The number of hydrogen-bond acceptors (Lipinski definition) is 3. The van der Waals surface area contributed by atoms with Gasteiger partial charge in [-0.2, -0.15) is 0 Å². The van der Waals surface area contributed by atoms with Crippen molar-refractivity contribution in [1.82, 2.24) is 5.32 Å². The molecule has 1 fully saturated rings. The Morgan fingerprint density at radius 1 is 1.26 bits per heavy atom. The zero-order chi connectivity index (χ0) is 13.8. The quantitative estimate of drug-likeness (QED) is 0.866. The van der Waals surface area contributed by atoms with Crippen molar-refractivity contribution in [2.24, 2.45) is 5.92 Å². The Bertz CT molecular complexity index is 469. The van der Waals surface area contributed by atoms with Crippen LogP contribution in [0.2, 0.25) is 0 Å². The number of rotatable bonds is 4. The molecule has 1 aliphatic carbocycles. The molecule has 1 aromatic carbocycles. The van der Waals surface area contributed by atoms with Gasteiger partial charge in [0.25, 0.3) is 5.91 Å². The number of methoxy groups -OCH3 is 1. The van der Waals surface area contributed by atoms with E-state index in [-0.39, 0.29) is 17.9 Å². The second-order valence-electron chi connectivity index (χ2n) is 4.75. The maximum absolute atomic E-state index is 12.0. The number of carbonyl (C=O) groups excluding carboxylic acids is 1. The molecule has 5 nitrogen and oxygen atoms in total. The fourth-order valence-corrected chi connectivity index (χ4v) is 2.35. The third-order valence-corrected chi connectivity index (χ3v) is 3.47. The summed E-state index contributed by atoms with van der Waals surface area (Å²) in [5.74, 6) is -0.579. The van der Waals surface area contributed by atoms with Crippen LogP contribution in [0.4, 0.5) is 0 Å². The van der Waals surface area contributed by atoms with E-state index >= 15 is 0 Å². The van der Waals surface area contributed by atoms with Crippen LogP contribution in [0.25, 0.3) is 0 Å². The van der Waals surface area contributed by atoms with Crippen molar-refractivity contribution in [2.75, 3.05) is 7.11 Å². The lowest BCUT2D eigenvalue weighted by Gasteiger charge is -2.12. The Labute approximate surface area is 111 Å². The minimum absolute atomic E-state index is 0.0456. The van der Waals surface area contributed by atoms with Crippen LogP contribution in [0.3, 0.4) is 0 Å². The van der Waals surface area contributed by atoms with Crippen molar-refractivity contribution < 1.29 is 19.4 Å². The molecule has 0 aliphatic heterocycles. The summed E-state index contributed by atoms with van der Waals surface area (Å²) in [6.45, 7) is 0. The number of ether oxygens (including phenoxy) is 1. The first-order valence-corrected chi connectivity index (χ1v) is 6.28. The van der Waals surface area contributed by atoms with Crippen LogP contribution in [0.15, 0.2) is 24.3 Å². The number of amides is 1. The number of carboxylic acids is 1. The van der Waals surface area contributed by atoms with Gasteiger partial charge in [-0.05, 0) is 43.5 Å². The Hall–Kier alpha value is -2.04. The first-order chi connectivity index (χ1) is 9.10. The fraction of sp³-hybridized carbons (Fsp3) is 0.429. The van der Waals surface area contributed by atoms with Crippen LogP contribution >= 0.6 is 0 Å². The van der Waals surface area contributed by atoms with Crippen LogP contribution in [0, 0.1) is 5.92 Å². The smallest absolute Gasteiger partial charge is 0.306 e. The molecule has 0 aromatic heterocycles. The van der Waals surface area contributed by atoms with Crippen LogP contribution < -0.4 is 10.1 Å². The first-order valence-electron chi connectivity index (χ1n) is 6.28. The van der Waals surface area contributed by atoms with Crippen molar-refractivity contribution in [3.8, 4) is 5.75 Å². The topological polar surface area (TPSA) is 75.6 Å². The molecule has 102 valence electrons. The highest BCUT2D eigenvalue weighted by molar-refractivity contribution is 5.94. The minimum Gasteiger partial charge on any atom is -0.497 e. The number of carbonyl (C=O) groups is 2. The molecule has 0 heterocycles. The SMILES string of the molecule is COc1ccc(C(=O)N[C@H]2CC[C@@H](C(=O)O)C2)cc1. The van der Waals surface area contributed by atoms with Gasteiger partial charge in [-0.15, -0.1) is 0 Å². The van der Waals surface area contributed by atoms with E-state index in [4.69, 9.17) is 9.84 Å². The van der Waals surface area contributed by atoms with Gasteiger partial charge in [-0.3, -0.25) is 9.59 Å². The van der Waals surface area contributed by atoms with Gasteiger partial charge >= 0.3 is 5.97 Å². The first kappa shape index (κ1) is 13.4. The summed E-state index contributed by atoms with van der Waals surface area (Å²) in [7, 11) is 1.57. The second-order valence-corrected chi connectivity index (χ2v) is 4.75. The minimum atomic E-state index is -0.777. The second kappa shape index (κ2) is 5.73. The molecule has 2 atom stereocenters. The van der Waals surface area contributed by atoms with Gasteiger partial charge in [0.15, 0.2) is 0 Å². The van der Waals surface area contributed by atoms with Gasteiger partial charge < -0.3 is 15.2 Å². The lowest BCUT2D eigenvalue weighted by molar-refractivity contribution is -0.141. The highest BCUT2D eigenvalue weighted by Gasteiger charge is 2.30. The van der Waals surface area contributed by atoms with Crippen LogP contribution in [0.1, 0.15) is 29.6 Å². The Morgan fingerprint density at radius 3 is 2.47 bits per heavy atom. The summed E-state index contributed by atoms with van der Waals surface area (Å²) >= 11 is 0. The van der Waals surface area contributed by atoms with Gasteiger partial charge in [0.2, 0.25) is 0 Å². The van der Waals surface area contributed by atoms with E-state index in [2.05, 4.69) is 5.32 Å². The van der Waals surface area contributed by atoms with E-state index in [0.717, 1.165) is 6.42 Å². The molecule has 2 N–H and O–H groups in total. The third-order valence-electron chi connectivity index (χ3n) is 3.47. The Kier molecular flexibility index (Phi) is 4.04. The highest BCUT2D eigenvalue weighted by Crippen LogP contribution is 2.26. The monoisotopic (exact) mass is 263 g/mol. The van der Waals surface area contributed by atoms with E-state index in [1.54, 1.807) is 31.4 Å². The van der Waals surface area contributed by atoms with Gasteiger partial charge in [-0.1, -0.05) is 0 Å². The van der Waals surface area contributed by atoms with E-state index in [1.165, 1.54) is 0 Å². The van der Waals surface area contributed by atoms with Crippen molar-refractivity contribution in [3.05, 3.63) is 29.8 Å². The molecule has 1 aliphatic rings. The molecule has 5 heteroatoms. The number of benzene rings is 1. The van der Waals surface area contributed by atoms with Gasteiger partial charge in [0, 0.05) is 11.6 Å². The standard InChI is InChI=1S/C14H17NO4/c1-19-12-6-3-9(4-7-12)13(16)15-11-5-2-10(8-11)14(17)18/h3-4,6-7,10-11H,2,5,8H2,1H3,(H,15,16)(H,17,18)/t10-,11+/m1/s1. The molecule has 1 aromatic rings. The van der Waals surface area contributed by atoms with Crippen molar-refractivity contribution in [1.29, 1.82) is 0 Å². The summed E-state index contributed by atoms with van der Waals surface area (Å²) in [4.78, 5) is 22.8. The average molecular weight is 263 g/mol. The Morgan fingerprint density at radius 2 is 1.95 bits per heavy atom. The van der Waals surface area contributed by atoms with Crippen molar-refractivity contribution in [3.63, 3.8) is 0 Å². The zero-order valence-corrected chi connectivity index (χ0v) is 10.8. The van der Waals surface area contributed by atoms with Crippen LogP contribution in [-0.4, -0.2) is 30.1 Å². The Balaban J connectivity index is 1.92. The largest absolute Gasteiger partial charge is 0.497 e. The highest BCUT2D eigenvalue weighted by atomic mass is 16.5. The number of aliphatic carboxylic acids is 1. The molecular formula is C14H17NO4. The van der Waals surface area contributed by atoms with Gasteiger partial charge in [0.05, 0.1) is 13.0 Å². The van der Waals surface area contributed by atoms with E-state index in [9.17, 15) is 9.59 Å². The number of hydrogen-bond donors (Lipinski definition) is 2. The van der Waals surface area contributed by atoms with Crippen molar-refractivity contribution >= 4 is 11.9 Å². The molecule has 0 spiro atoms. The summed E-state index contributed by atoms with van der Waals surface area (Å²) in [6.07, 6.45) is 1.86. The molecule has 0 unspecified atom stereocenters. The molecule has 1 saturated carbocycles. The van der Waals surface area contributed by atoms with E-state index in [0.29, 0.717) is 24.2 Å². The van der Waals surface area contributed by atoms with Gasteiger partial charge in [-0.25, -0.2) is 0 Å². The zero-order valence-electron chi connectivity index (χ0n) is 10.8. The summed E-state index contributed by atoms with van der Waals surface area (Å²) < 4.78 is 5.03. The summed E-state index contributed by atoms with van der Waals surface area (Å²) in [6, 6.07) is 6.79. The molecule has 0 saturated heterocycles. The molecule has 1 amide bonds. The molecule has 19 heavy (non-hydrogen) atoms. The normalized spacial score (nSPS) is 21.9. The lowest BCUT2D eigenvalue weighted by Crippen LogP contribution is -2.33. The lowest BCUT2D eigenvalue weighted by atomic mass is 10.1. The third kappa shape index (κ3) is 3.24. The van der Waals surface area contributed by atoms with Gasteiger partial charge in [0.1, 0.15) is 5.75 Å². The molecule has 0 radical (unpaired) electrons. The fourth-order valence-electron chi connectivity index (χ4n) is 2.35. The summed E-state index contributed by atoms with van der Waals surface area (Å²) in [5, 5.41) is 11.8. The van der Waals surface area contributed by atoms with E-state index in [1.807, 2.05) is 0 Å². The molecule has 2 rings (SSSR count). The van der Waals surface area contributed by atoms with Crippen LogP contribution in [-0.2, 0) is 4.79 Å². The summed E-state index contributed by atoms with van der Waals surface area (Å²) in [5.41, 5.74) is 0.555. The van der Waals surface area contributed by atoms with Crippen molar-refractivity contribution in [2.45, 2.75) is 25.3 Å². The molecular weight excluding hydrogens is 246 g/mol. The average Bonchev–Trinajstić information content (AvgIpc) is 2.87. The number of carboxylic acid groups (broad SMARTS) is 1. The maximum atomic E-state index is 12.0. The van der Waals surface area contributed by atoms with E-state index < -0.39 is 5.97 Å². The van der Waals surface area contributed by atoms with Crippen LogP contribution in [0.5, 0.6) is 5.75 Å². The number of nitrogens with one attached hydrogen (secondary N) is 1. The maximum Gasteiger partial charge on any atom is 0.306 e. The predicted octanol–water partition coefficient (Wildman–Crippen LogP) is 1.68. The predicted molar refractivity (Wildman–Crippen MR) is 69.2 cm³/mol.